The van der Waals surface area contributed by atoms with Crippen molar-refractivity contribution in [1.29, 1.82) is 5.26 Å². The van der Waals surface area contributed by atoms with Crippen molar-refractivity contribution in [1.82, 2.24) is 5.32 Å². The zero-order chi connectivity index (χ0) is 6.53. The van der Waals surface area contributed by atoms with E-state index in [1.807, 2.05) is 0 Å². The van der Waals surface area contributed by atoms with Crippen molar-refractivity contribution in [2.24, 2.45) is 5.92 Å². The van der Waals surface area contributed by atoms with Gasteiger partial charge in [-0.05, 0) is 31.8 Å². The lowest BCUT2D eigenvalue weighted by Gasteiger charge is -2.26. The first-order chi connectivity index (χ1) is 4.43. The molecule has 0 saturated carbocycles. The third kappa shape index (κ3) is 2.03. The van der Waals surface area contributed by atoms with Crippen LogP contribution in [0.3, 0.4) is 0 Å². The van der Waals surface area contributed by atoms with Crippen LogP contribution in [0.2, 0.25) is 0 Å². The highest BCUT2D eigenvalue weighted by Crippen LogP contribution is 2.11. The molecule has 1 aliphatic heterocycles. The maximum Gasteiger partial charge on any atom is 0.0621 e. The van der Waals surface area contributed by atoms with Crippen LogP contribution in [-0.4, -0.2) is 13.1 Å². The van der Waals surface area contributed by atoms with Gasteiger partial charge in [0.05, 0.1) is 6.07 Å². The molecule has 1 rings (SSSR count). The summed E-state index contributed by atoms with van der Waals surface area (Å²) in [5.41, 5.74) is 0. The maximum atomic E-state index is 8.20. The summed E-state index contributed by atoms with van der Waals surface area (Å²) in [6.07, 6.45) is 3.06. The summed E-state index contributed by atoms with van der Waals surface area (Å²) in [5, 5.41) is 11.4. The van der Waals surface area contributed by atoms with Crippen molar-refractivity contribution in [2.75, 3.05) is 13.1 Å². The van der Waals surface area contributed by atoms with E-state index in [-0.39, 0.29) is 0 Å². The lowest BCUT2D eigenvalue weighted by atomic mass is 9.97. The fourth-order valence-corrected chi connectivity index (χ4v) is 1.02. The van der Waals surface area contributed by atoms with Crippen molar-refractivity contribution >= 4 is 0 Å². The van der Waals surface area contributed by atoms with Crippen LogP contribution in [0.1, 0.15) is 19.3 Å². The number of nitrogens with zero attached hydrogens (tertiary/aromatic N) is 1. The third-order valence-corrected chi connectivity index (χ3v) is 1.77. The molecule has 1 heterocycles. The fraction of sp³-hybridized carbons (Fsp3) is 0.857. The Morgan fingerprint density at radius 3 is 2.78 bits per heavy atom. The van der Waals surface area contributed by atoms with E-state index < -0.39 is 0 Å². The maximum absolute atomic E-state index is 8.20. The molecule has 1 saturated heterocycles. The Labute approximate surface area is 55.9 Å². The summed E-state index contributed by atoms with van der Waals surface area (Å²) in [6.45, 7) is 2.34. The van der Waals surface area contributed by atoms with Crippen molar-refractivity contribution in [2.45, 2.75) is 19.3 Å². The second-order valence-electron chi connectivity index (χ2n) is 2.57. The predicted molar refractivity (Wildman–Crippen MR) is 35.8 cm³/mol. The lowest BCUT2D eigenvalue weighted by molar-refractivity contribution is 0.322. The van der Waals surface area contributed by atoms with Crippen molar-refractivity contribution in [3.63, 3.8) is 0 Å². The van der Waals surface area contributed by atoms with Gasteiger partial charge < -0.3 is 5.32 Å². The molecule has 2 nitrogen and oxygen atoms in total. The molecule has 0 aromatic heterocycles. The Morgan fingerprint density at radius 2 is 2.33 bits per heavy atom. The highest BCUT2D eigenvalue weighted by Gasteiger charge is 2.14. The molecule has 1 fully saturated rings. The zero-order valence-electron chi connectivity index (χ0n) is 5.56. The molecule has 0 unspecified atom stereocenters. The van der Waals surface area contributed by atoms with Gasteiger partial charge in [0, 0.05) is 6.42 Å². The molecule has 9 heavy (non-hydrogen) atoms. The smallest absolute Gasteiger partial charge is 0.0621 e. The Hall–Kier alpha value is -0.550. The molecule has 0 aromatic rings. The van der Waals surface area contributed by atoms with Gasteiger partial charge >= 0.3 is 0 Å². The van der Waals surface area contributed by atoms with Crippen LogP contribution in [0.4, 0.5) is 0 Å². The summed E-state index contributed by atoms with van der Waals surface area (Å²) in [4.78, 5) is 0. The molecule has 0 radical (unpaired) electrons. The van der Waals surface area contributed by atoms with Crippen LogP contribution >= 0.6 is 0 Å². The van der Waals surface area contributed by atoms with Crippen LogP contribution in [-0.2, 0) is 0 Å². The van der Waals surface area contributed by atoms with Crippen LogP contribution in [0, 0.1) is 17.2 Å². The van der Waals surface area contributed by atoms with Gasteiger partial charge in [-0.1, -0.05) is 0 Å². The van der Waals surface area contributed by atoms with Gasteiger partial charge in [0.25, 0.3) is 0 Å². The van der Waals surface area contributed by atoms with E-state index in [4.69, 9.17) is 5.26 Å². The van der Waals surface area contributed by atoms with E-state index >= 15 is 0 Å². The van der Waals surface area contributed by atoms with E-state index in [0.717, 1.165) is 18.8 Å². The van der Waals surface area contributed by atoms with E-state index in [0.29, 0.717) is 0 Å². The standard InChI is InChI=1S/C7H12N2/c8-4-2-1-3-7-5-9-6-7/h7,9H,1-3,5-6H2. The van der Waals surface area contributed by atoms with Gasteiger partial charge in [-0.3, -0.25) is 0 Å². The van der Waals surface area contributed by atoms with Crippen molar-refractivity contribution < 1.29 is 0 Å². The van der Waals surface area contributed by atoms with E-state index in [1.54, 1.807) is 0 Å². The minimum atomic E-state index is 0.733. The molecule has 1 aliphatic rings. The number of nitrogens with one attached hydrogen (secondary N) is 1. The highest BCUT2D eigenvalue weighted by atomic mass is 14.9. The first-order valence-corrected chi connectivity index (χ1v) is 3.51. The van der Waals surface area contributed by atoms with E-state index in [9.17, 15) is 0 Å². The number of hydrogen-bond donors (Lipinski definition) is 1. The van der Waals surface area contributed by atoms with E-state index in [2.05, 4.69) is 11.4 Å². The van der Waals surface area contributed by atoms with Gasteiger partial charge in [0.2, 0.25) is 0 Å². The first-order valence-electron chi connectivity index (χ1n) is 3.51. The Balaban J connectivity index is 1.87. The van der Waals surface area contributed by atoms with Crippen LogP contribution in [0.25, 0.3) is 0 Å². The van der Waals surface area contributed by atoms with Crippen LogP contribution in [0.5, 0.6) is 0 Å². The van der Waals surface area contributed by atoms with Gasteiger partial charge in [-0.25, -0.2) is 0 Å². The van der Waals surface area contributed by atoms with Gasteiger partial charge in [-0.15, -0.1) is 0 Å². The average Bonchev–Trinajstić information content (AvgIpc) is 1.76. The summed E-state index contributed by atoms with van der Waals surface area (Å²) in [7, 11) is 0. The molecule has 0 aromatic carbocycles. The van der Waals surface area contributed by atoms with Crippen molar-refractivity contribution in [3.8, 4) is 6.07 Å². The van der Waals surface area contributed by atoms with Crippen molar-refractivity contribution in [3.05, 3.63) is 0 Å². The number of rotatable bonds is 3. The second-order valence-corrected chi connectivity index (χ2v) is 2.57. The minimum absolute atomic E-state index is 0.733. The molecular weight excluding hydrogens is 112 g/mol. The first kappa shape index (κ1) is 6.57. The summed E-state index contributed by atoms with van der Waals surface area (Å²) < 4.78 is 0. The highest BCUT2D eigenvalue weighted by molar-refractivity contribution is 4.76. The third-order valence-electron chi connectivity index (χ3n) is 1.77. The molecule has 0 atom stereocenters. The number of unbranched alkanes of at least 4 members (excludes halogenated alkanes) is 1. The molecule has 50 valence electrons. The topological polar surface area (TPSA) is 35.8 Å². The number of hydrogen-bond acceptors (Lipinski definition) is 2. The molecule has 0 aliphatic carbocycles. The van der Waals surface area contributed by atoms with Crippen LogP contribution < -0.4 is 5.32 Å². The lowest BCUT2D eigenvalue weighted by Crippen LogP contribution is -2.41. The monoisotopic (exact) mass is 124 g/mol. The zero-order valence-corrected chi connectivity index (χ0v) is 5.56. The Kier molecular flexibility index (Phi) is 2.53. The van der Waals surface area contributed by atoms with Gasteiger partial charge in [0.15, 0.2) is 0 Å². The minimum Gasteiger partial charge on any atom is -0.316 e. The molecular formula is C7H12N2. The average molecular weight is 124 g/mol. The Bertz CT molecular complexity index is 111. The second kappa shape index (κ2) is 3.47. The molecule has 0 spiro atoms. The van der Waals surface area contributed by atoms with Gasteiger partial charge in [-0.2, -0.15) is 5.26 Å². The predicted octanol–water partition coefficient (Wildman–Crippen LogP) is 0.900. The summed E-state index contributed by atoms with van der Waals surface area (Å²) >= 11 is 0. The largest absolute Gasteiger partial charge is 0.316 e. The molecule has 0 bridgehead atoms. The Morgan fingerprint density at radius 1 is 1.56 bits per heavy atom. The van der Waals surface area contributed by atoms with E-state index in [1.165, 1.54) is 19.5 Å². The molecule has 0 amide bonds. The molecule has 1 N–H and O–H groups in total. The van der Waals surface area contributed by atoms with Gasteiger partial charge in [0.1, 0.15) is 0 Å². The normalized spacial score (nSPS) is 18.6. The SMILES string of the molecule is N#CCCCC1CNC1. The number of nitriles is 1. The fourth-order valence-electron chi connectivity index (χ4n) is 1.02. The summed E-state index contributed by atoms with van der Waals surface area (Å²) in [5.74, 6) is 0.873. The van der Waals surface area contributed by atoms with Crippen LogP contribution in [0.15, 0.2) is 0 Å². The summed E-state index contributed by atoms with van der Waals surface area (Å²) in [6, 6.07) is 2.15. The quantitative estimate of drug-likeness (QED) is 0.567. The molecule has 2 heteroatoms.